The van der Waals surface area contributed by atoms with E-state index in [4.69, 9.17) is 0 Å². The Hall–Kier alpha value is -2.22. The monoisotopic (exact) mass is 434 g/mol. The van der Waals surface area contributed by atoms with Crippen LogP contribution in [0.15, 0.2) is 12.2 Å². The van der Waals surface area contributed by atoms with Gasteiger partial charge in [-0.05, 0) is 53.9 Å². The molecule has 0 aromatic rings. The van der Waals surface area contributed by atoms with E-state index in [2.05, 4.69) is 6.58 Å². The van der Waals surface area contributed by atoms with Gasteiger partial charge in [0.05, 0.1) is 23.9 Å². The normalized spacial score (nSPS) is 47.9. The lowest BCUT2D eigenvalue weighted by Gasteiger charge is -2.67. The van der Waals surface area contributed by atoms with Gasteiger partial charge in [0.25, 0.3) is 0 Å². The van der Waals surface area contributed by atoms with Gasteiger partial charge >= 0.3 is 17.9 Å². The lowest BCUT2D eigenvalue weighted by atomic mass is 9.35. The van der Waals surface area contributed by atoms with Crippen LogP contribution >= 0.6 is 0 Å². The maximum Gasteiger partial charge on any atom is 0.307 e. The van der Waals surface area contributed by atoms with Gasteiger partial charge in [0.1, 0.15) is 0 Å². The number of aliphatic hydroxyl groups excluding tert-OH is 1. The van der Waals surface area contributed by atoms with Crippen molar-refractivity contribution in [1.82, 2.24) is 0 Å². The molecule has 8 heteroatoms. The van der Waals surface area contributed by atoms with Crippen LogP contribution in [0.1, 0.15) is 46.5 Å². The highest BCUT2D eigenvalue weighted by Crippen LogP contribution is 2.73. The van der Waals surface area contributed by atoms with Crippen LogP contribution in [0.3, 0.4) is 0 Å². The zero-order valence-electron chi connectivity index (χ0n) is 18.0. The molecular formula is C23H30O8. The Balaban J connectivity index is 1.97. The lowest BCUT2D eigenvalue weighted by Crippen LogP contribution is -2.68. The van der Waals surface area contributed by atoms with E-state index in [9.17, 15) is 39.6 Å². The molecule has 4 aliphatic rings. The molecule has 0 aliphatic heterocycles. The second-order valence-corrected chi connectivity index (χ2v) is 11.1. The van der Waals surface area contributed by atoms with Gasteiger partial charge in [-0.1, -0.05) is 27.4 Å². The first-order valence-corrected chi connectivity index (χ1v) is 10.8. The van der Waals surface area contributed by atoms with Gasteiger partial charge in [-0.3, -0.25) is 19.2 Å². The van der Waals surface area contributed by atoms with Crippen LogP contribution in [-0.2, 0) is 19.2 Å². The van der Waals surface area contributed by atoms with Gasteiger partial charge in [-0.2, -0.15) is 0 Å². The van der Waals surface area contributed by atoms with E-state index in [0.717, 1.165) is 0 Å². The van der Waals surface area contributed by atoms with Crippen molar-refractivity contribution in [2.24, 2.45) is 51.8 Å². The molecule has 170 valence electrons. The molecule has 0 amide bonds. The SMILES string of the molecule is C=C1C(=O)[C@]23C[C@H]1C[C@@H](O)[C@H]2[C@]1(C)C[C@H](C(=O)O)[C@H](C(=O)O)C(C)(C)[C@H]1[C@@H](C(=O)O)C3. The highest BCUT2D eigenvalue weighted by molar-refractivity contribution is 6.03. The molecular weight excluding hydrogens is 404 g/mol. The molecule has 4 N–H and O–H groups in total. The van der Waals surface area contributed by atoms with E-state index in [1.165, 1.54) is 0 Å². The standard InChI is InChI=1S/C23H30O8/c1-9-10-5-13(24)16-22(4)7-11(18(26)27)14(20(30)31)21(2,3)15(22)12(19(28)29)8-23(16,6-10)17(9)25/h10-16,24H,1,5-8H2,2-4H3,(H,26,27)(H,28,29)(H,30,31)/t10-,11+,12+,13-,14-,15-,16+,22-,23+/m1/s1. The Kier molecular flexibility index (Phi) is 4.54. The molecule has 0 saturated heterocycles. The molecule has 8 nitrogen and oxygen atoms in total. The molecule has 31 heavy (non-hydrogen) atoms. The number of Topliss-reactive ketones (excluding diaryl/α,β-unsaturated/α-hetero) is 1. The lowest BCUT2D eigenvalue weighted by molar-refractivity contribution is -0.235. The fourth-order valence-corrected chi connectivity index (χ4v) is 8.86. The third-order valence-electron chi connectivity index (χ3n) is 9.33. The molecule has 0 aromatic carbocycles. The predicted octanol–water partition coefficient (Wildman–Crippen LogP) is 2.06. The Morgan fingerprint density at radius 3 is 2.00 bits per heavy atom. The number of aliphatic carboxylic acids is 3. The number of carbonyl (C=O) groups excluding carboxylic acids is 1. The molecule has 0 radical (unpaired) electrons. The highest BCUT2D eigenvalue weighted by Gasteiger charge is 2.75. The number of ketones is 1. The Morgan fingerprint density at radius 2 is 1.48 bits per heavy atom. The van der Waals surface area contributed by atoms with Crippen LogP contribution in [0, 0.1) is 51.8 Å². The van der Waals surface area contributed by atoms with E-state index in [1.54, 1.807) is 20.8 Å². The summed E-state index contributed by atoms with van der Waals surface area (Å²) in [5, 5.41) is 41.3. The quantitative estimate of drug-likeness (QED) is 0.493. The number of hydrogen-bond donors (Lipinski definition) is 4. The van der Waals surface area contributed by atoms with E-state index in [0.29, 0.717) is 18.4 Å². The van der Waals surface area contributed by atoms with E-state index < -0.39 is 69.8 Å². The largest absolute Gasteiger partial charge is 0.481 e. The smallest absolute Gasteiger partial charge is 0.307 e. The summed E-state index contributed by atoms with van der Waals surface area (Å²) >= 11 is 0. The second kappa shape index (κ2) is 6.40. The fourth-order valence-electron chi connectivity index (χ4n) is 8.86. The summed E-state index contributed by atoms with van der Waals surface area (Å²) in [6.45, 7) is 8.95. The van der Waals surface area contributed by atoms with Crippen molar-refractivity contribution in [1.29, 1.82) is 0 Å². The van der Waals surface area contributed by atoms with Crippen molar-refractivity contribution >= 4 is 23.7 Å². The van der Waals surface area contributed by atoms with Gasteiger partial charge in [-0.15, -0.1) is 0 Å². The van der Waals surface area contributed by atoms with Crippen molar-refractivity contribution in [3.05, 3.63) is 12.2 Å². The van der Waals surface area contributed by atoms with Crippen molar-refractivity contribution in [2.45, 2.75) is 52.6 Å². The molecule has 9 atom stereocenters. The van der Waals surface area contributed by atoms with Gasteiger partial charge in [-0.25, -0.2) is 0 Å². The number of carbonyl (C=O) groups is 4. The average Bonchev–Trinajstić information content (AvgIpc) is 2.80. The maximum atomic E-state index is 13.4. The summed E-state index contributed by atoms with van der Waals surface area (Å²) in [5.41, 5.74) is -2.89. The Labute approximate surface area is 180 Å². The number of hydrogen-bond acceptors (Lipinski definition) is 5. The molecule has 0 heterocycles. The zero-order chi connectivity index (χ0) is 23.3. The third kappa shape index (κ3) is 2.57. The van der Waals surface area contributed by atoms with Crippen LogP contribution in [0.4, 0.5) is 0 Å². The topological polar surface area (TPSA) is 149 Å². The third-order valence-corrected chi connectivity index (χ3v) is 9.33. The fraction of sp³-hybridized carbons (Fsp3) is 0.739. The van der Waals surface area contributed by atoms with E-state index in [1.807, 2.05) is 0 Å². The average molecular weight is 434 g/mol. The first-order valence-electron chi connectivity index (χ1n) is 10.8. The number of rotatable bonds is 3. The molecule has 0 aromatic heterocycles. The highest BCUT2D eigenvalue weighted by atomic mass is 16.4. The maximum absolute atomic E-state index is 13.4. The summed E-state index contributed by atoms with van der Waals surface area (Å²) in [5.74, 6) is -8.94. The van der Waals surface area contributed by atoms with Crippen LogP contribution in [-0.4, -0.2) is 50.2 Å². The molecule has 4 aliphatic carbocycles. The minimum atomic E-state index is -1.28. The van der Waals surface area contributed by atoms with Crippen molar-refractivity contribution in [3.63, 3.8) is 0 Å². The van der Waals surface area contributed by atoms with Crippen LogP contribution in [0.5, 0.6) is 0 Å². The van der Waals surface area contributed by atoms with Gasteiger partial charge in [0, 0.05) is 11.3 Å². The number of fused-ring (bicyclic) bond motifs is 3. The number of carboxylic acid groups (broad SMARTS) is 3. The first kappa shape index (κ1) is 22.0. The van der Waals surface area contributed by atoms with Gasteiger partial charge in [0.2, 0.25) is 0 Å². The summed E-state index contributed by atoms with van der Waals surface area (Å²) in [6, 6.07) is 0. The van der Waals surface area contributed by atoms with Crippen LogP contribution < -0.4 is 0 Å². The summed E-state index contributed by atoms with van der Waals surface area (Å²) in [4.78, 5) is 50.3. The first-order chi connectivity index (χ1) is 14.2. The number of carboxylic acids is 3. The Morgan fingerprint density at radius 1 is 0.903 bits per heavy atom. The summed E-state index contributed by atoms with van der Waals surface area (Å²) < 4.78 is 0. The second-order valence-electron chi connectivity index (χ2n) is 11.1. The molecule has 0 unspecified atom stereocenters. The minimum absolute atomic E-state index is 0.0200. The van der Waals surface area contributed by atoms with Crippen molar-refractivity contribution in [3.8, 4) is 0 Å². The molecule has 1 spiro atoms. The van der Waals surface area contributed by atoms with E-state index in [-0.39, 0.29) is 24.5 Å². The molecule has 4 saturated carbocycles. The van der Waals surface area contributed by atoms with Crippen molar-refractivity contribution < 1.29 is 39.6 Å². The summed E-state index contributed by atoms with van der Waals surface area (Å²) in [6.07, 6.45) is -0.232. The molecule has 2 bridgehead atoms. The summed E-state index contributed by atoms with van der Waals surface area (Å²) in [7, 11) is 0. The van der Waals surface area contributed by atoms with Crippen LogP contribution in [0.25, 0.3) is 0 Å². The molecule has 4 rings (SSSR count). The van der Waals surface area contributed by atoms with Gasteiger partial charge in [0.15, 0.2) is 5.78 Å². The zero-order valence-corrected chi connectivity index (χ0v) is 18.0. The predicted molar refractivity (Wildman–Crippen MR) is 107 cm³/mol. The van der Waals surface area contributed by atoms with E-state index >= 15 is 0 Å². The minimum Gasteiger partial charge on any atom is -0.481 e. The number of aliphatic hydroxyl groups is 1. The van der Waals surface area contributed by atoms with Gasteiger partial charge < -0.3 is 20.4 Å². The molecule has 4 fully saturated rings. The Bertz CT molecular complexity index is 905. The van der Waals surface area contributed by atoms with Crippen LogP contribution in [0.2, 0.25) is 0 Å². The van der Waals surface area contributed by atoms with Crippen molar-refractivity contribution in [2.75, 3.05) is 0 Å². The number of allylic oxidation sites excluding steroid dienone is 1.